The van der Waals surface area contributed by atoms with Crippen LogP contribution in [-0.4, -0.2) is 43.2 Å². The fourth-order valence-corrected chi connectivity index (χ4v) is 6.16. The molecule has 0 N–H and O–H groups in total. The number of thiazole rings is 1. The Balaban J connectivity index is 1.75. The zero-order chi connectivity index (χ0) is 14.7. The molecule has 2 aliphatic heterocycles. The van der Waals surface area contributed by atoms with Gasteiger partial charge in [-0.3, -0.25) is 0 Å². The summed E-state index contributed by atoms with van der Waals surface area (Å²) in [6.07, 6.45) is 6.39. The van der Waals surface area contributed by atoms with Crippen LogP contribution in [0.5, 0.6) is 0 Å². The van der Waals surface area contributed by atoms with Crippen molar-refractivity contribution in [3.8, 4) is 0 Å². The molecular weight excluding hydrogens is 308 g/mol. The lowest BCUT2D eigenvalue weighted by Gasteiger charge is -2.35. The van der Waals surface area contributed by atoms with E-state index in [0.717, 1.165) is 37.1 Å². The number of aromatic nitrogens is 1. The van der Waals surface area contributed by atoms with Gasteiger partial charge in [0, 0.05) is 31.3 Å². The molecule has 3 rings (SSSR count). The van der Waals surface area contributed by atoms with Crippen molar-refractivity contribution in [2.75, 3.05) is 25.5 Å². The summed E-state index contributed by atoms with van der Waals surface area (Å²) in [5.74, 6) is 0.501. The average Bonchev–Trinajstić information content (AvgIpc) is 3.02. The van der Waals surface area contributed by atoms with E-state index < -0.39 is 10.0 Å². The number of hydrogen-bond donors (Lipinski definition) is 0. The lowest BCUT2D eigenvalue weighted by atomic mass is 10.0. The Morgan fingerprint density at radius 2 is 2.10 bits per heavy atom. The van der Waals surface area contributed by atoms with Gasteiger partial charge in [-0.2, -0.15) is 4.31 Å². The summed E-state index contributed by atoms with van der Waals surface area (Å²) in [7, 11) is -3.21. The minimum atomic E-state index is -3.21. The number of piperidine rings is 1. The van der Waals surface area contributed by atoms with E-state index in [2.05, 4.69) is 4.98 Å². The van der Waals surface area contributed by atoms with Crippen molar-refractivity contribution >= 4 is 21.4 Å². The number of ether oxygens (including phenoxy) is 1. The standard InChI is InChI=1S/C14H22N2O3S2/c17-21(18,11-12-4-8-19-9-5-12)16-7-2-1-3-13(16)14-15-6-10-20-14/h6,10,12-13H,1-5,7-9,11H2. The lowest BCUT2D eigenvalue weighted by Crippen LogP contribution is -2.41. The molecule has 118 valence electrons. The molecule has 2 aliphatic rings. The summed E-state index contributed by atoms with van der Waals surface area (Å²) in [6, 6.07) is -0.0522. The first kappa shape index (κ1) is 15.4. The molecular formula is C14H22N2O3S2. The first-order valence-corrected chi connectivity index (χ1v) is 10.1. The van der Waals surface area contributed by atoms with Crippen LogP contribution < -0.4 is 0 Å². The molecule has 5 nitrogen and oxygen atoms in total. The first-order chi connectivity index (χ1) is 10.2. The van der Waals surface area contributed by atoms with Gasteiger partial charge in [-0.1, -0.05) is 6.42 Å². The van der Waals surface area contributed by atoms with E-state index in [1.165, 1.54) is 0 Å². The quantitative estimate of drug-likeness (QED) is 0.851. The number of hydrogen-bond acceptors (Lipinski definition) is 5. The smallest absolute Gasteiger partial charge is 0.215 e. The molecule has 0 amide bonds. The fourth-order valence-electron chi connectivity index (χ4n) is 3.19. The van der Waals surface area contributed by atoms with Crippen molar-refractivity contribution in [1.29, 1.82) is 0 Å². The van der Waals surface area contributed by atoms with Crippen LogP contribution in [0.1, 0.15) is 43.2 Å². The number of rotatable bonds is 4. The van der Waals surface area contributed by atoms with Crippen LogP contribution in [-0.2, 0) is 14.8 Å². The molecule has 1 unspecified atom stereocenters. The normalized spacial score (nSPS) is 26.0. The van der Waals surface area contributed by atoms with Crippen molar-refractivity contribution in [3.05, 3.63) is 16.6 Å². The maximum Gasteiger partial charge on any atom is 0.215 e. The van der Waals surface area contributed by atoms with E-state index in [1.807, 2.05) is 5.38 Å². The molecule has 2 fully saturated rings. The average molecular weight is 330 g/mol. The van der Waals surface area contributed by atoms with Crippen molar-refractivity contribution in [3.63, 3.8) is 0 Å². The van der Waals surface area contributed by atoms with Gasteiger partial charge in [0.2, 0.25) is 10.0 Å². The predicted octanol–water partition coefficient (Wildman–Crippen LogP) is 2.43. The molecule has 0 radical (unpaired) electrons. The molecule has 0 bridgehead atoms. The minimum Gasteiger partial charge on any atom is -0.381 e. The molecule has 1 atom stereocenters. The summed E-state index contributed by atoms with van der Waals surface area (Å²) >= 11 is 1.56. The van der Waals surface area contributed by atoms with Gasteiger partial charge < -0.3 is 4.74 Å². The van der Waals surface area contributed by atoms with Crippen LogP contribution >= 0.6 is 11.3 Å². The zero-order valence-corrected chi connectivity index (χ0v) is 13.7. The second-order valence-corrected chi connectivity index (χ2v) is 8.72. The molecule has 2 saturated heterocycles. The topological polar surface area (TPSA) is 59.5 Å². The molecule has 7 heteroatoms. The SMILES string of the molecule is O=S(=O)(CC1CCOCC1)N1CCCCC1c1nccs1. The van der Waals surface area contributed by atoms with Crippen molar-refractivity contribution < 1.29 is 13.2 Å². The second-order valence-electron chi connectivity index (χ2n) is 5.83. The highest BCUT2D eigenvalue weighted by molar-refractivity contribution is 7.89. The van der Waals surface area contributed by atoms with Crippen molar-refractivity contribution in [2.45, 2.75) is 38.1 Å². The van der Waals surface area contributed by atoms with Gasteiger partial charge in [-0.25, -0.2) is 13.4 Å². The van der Waals surface area contributed by atoms with Crippen LogP contribution in [0.2, 0.25) is 0 Å². The molecule has 1 aromatic heterocycles. The van der Waals surface area contributed by atoms with Gasteiger partial charge in [0.1, 0.15) is 5.01 Å². The first-order valence-electron chi connectivity index (χ1n) is 7.63. The molecule has 1 aromatic rings. The Bertz CT molecular complexity index is 539. The summed E-state index contributed by atoms with van der Waals surface area (Å²) < 4.78 is 32.7. The lowest BCUT2D eigenvalue weighted by molar-refractivity contribution is 0.0718. The van der Waals surface area contributed by atoms with Crippen LogP contribution in [0, 0.1) is 5.92 Å². The van der Waals surface area contributed by atoms with Gasteiger partial charge in [0.15, 0.2) is 0 Å². The Kier molecular flexibility index (Phi) is 4.93. The Hall–Kier alpha value is -0.500. The maximum atomic E-state index is 12.8. The van der Waals surface area contributed by atoms with E-state index in [1.54, 1.807) is 21.8 Å². The Labute approximate surface area is 130 Å². The predicted molar refractivity (Wildman–Crippen MR) is 82.7 cm³/mol. The highest BCUT2D eigenvalue weighted by Gasteiger charge is 2.36. The maximum absolute atomic E-state index is 12.8. The van der Waals surface area contributed by atoms with Gasteiger partial charge in [0.25, 0.3) is 0 Å². The highest BCUT2D eigenvalue weighted by atomic mass is 32.2. The fraction of sp³-hybridized carbons (Fsp3) is 0.786. The number of sulfonamides is 1. The molecule has 0 saturated carbocycles. The summed E-state index contributed by atoms with van der Waals surface area (Å²) in [4.78, 5) is 4.34. The second kappa shape index (κ2) is 6.73. The van der Waals surface area contributed by atoms with Crippen molar-refractivity contribution in [1.82, 2.24) is 9.29 Å². The number of nitrogens with zero attached hydrogens (tertiary/aromatic N) is 2. The highest BCUT2D eigenvalue weighted by Crippen LogP contribution is 2.35. The summed E-state index contributed by atoms with van der Waals surface area (Å²) in [5.41, 5.74) is 0. The molecule has 0 aromatic carbocycles. The van der Waals surface area contributed by atoms with Gasteiger partial charge in [0.05, 0.1) is 11.8 Å². The largest absolute Gasteiger partial charge is 0.381 e. The molecule has 0 aliphatic carbocycles. The van der Waals surface area contributed by atoms with Gasteiger partial charge >= 0.3 is 0 Å². The zero-order valence-electron chi connectivity index (χ0n) is 12.1. The van der Waals surface area contributed by atoms with E-state index in [4.69, 9.17) is 4.74 Å². The van der Waals surface area contributed by atoms with Crippen molar-refractivity contribution in [2.24, 2.45) is 5.92 Å². The Morgan fingerprint density at radius 3 is 2.81 bits per heavy atom. The summed E-state index contributed by atoms with van der Waals surface area (Å²) in [6.45, 7) is 2.02. The van der Waals surface area contributed by atoms with Crippen LogP contribution in [0.4, 0.5) is 0 Å². The molecule has 0 spiro atoms. The van der Waals surface area contributed by atoms with E-state index in [9.17, 15) is 8.42 Å². The third-order valence-electron chi connectivity index (χ3n) is 4.33. The minimum absolute atomic E-state index is 0.0522. The van der Waals surface area contributed by atoms with E-state index in [0.29, 0.717) is 19.8 Å². The third kappa shape index (κ3) is 3.64. The molecule has 21 heavy (non-hydrogen) atoms. The van der Waals surface area contributed by atoms with Gasteiger partial charge in [-0.05, 0) is 31.6 Å². The third-order valence-corrected chi connectivity index (χ3v) is 7.26. The van der Waals surface area contributed by atoms with Crippen LogP contribution in [0.3, 0.4) is 0 Å². The van der Waals surface area contributed by atoms with E-state index in [-0.39, 0.29) is 17.7 Å². The van der Waals surface area contributed by atoms with E-state index >= 15 is 0 Å². The van der Waals surface area contributed by atoms with Crippen LogP contribution in [0.25, 0.3) is 0 Å². The monoisotopic (exact) mass is 330 g/mol. The van der Waals surface area contributed by atoms with Crippen LogP contribution in [0.15, 0.2) is 11.6 Å². The molecule has 3 heterocycles. The van der Waals surface area contributed by atoms with Gasteiger partial charge in [-0.15, -0.1) is 11.3 Å². The Morgan fingerprint density at radius 1 is 1.29 bits per heavy atom. The summed E-state index contributed by atoms with van der Waals surface area (Å²) in [5, 5.41) is 2.86.